The van der Waals surface area contributed by atoms with Gasteiger partial charge < -0.3 is 0 Å². The molecule has 1 aromatic heterocycles. The zero-order valence-corrected chi connectivity index (χ0v) is 7.92. The first kappa shape index (κ1) is 9.32. The number of pyridine rings is 1. The molecule has 0 saturated heterocycles. The number of nitriles is 1. The lowest BCUT2D eigenvalue weighted by Gasteiger charge is -2.03. The van der Waals surface area contributed by atoms with E-state index in [1.165, 1.54) is 6.20 Å². The second kappa shape index (κ2) is 3.76. The maximum atomic E-state index is 12.3. The highest BCUT2D eigenvalue weighted by Crippen LogP contribution is 2.26. The molecule has 0 aromatic carbocycles. The lowest BCUT2D eigenvalue weighted by molar-refractivity contribution is 0.150. The molecule has 0 fully saturated rings. The minimum atomic E-state index is -2.62. The van der Waals surface area contributed by atoms with Crippen LogP contribution in [0, 0.1) is 14.9 Å². The molecule has 1 aromatic rings. The van der Waals surface area contributed by atoms with Crippen molar-refractivity contribution in [2.75, 3.05) is 0 Å². The molecule has 0 aliphatic carbocycles. The largest absolute Gasteiger partial charge is 0.266 e. The fourth-order valence-corrected chi connectivity index (χ4v) is 1.44. The maximum absolute atomic E-state index is 12.3. The van der Waals surface area contributed by atoms with Crippen LogP contribution in [0.25, 0.3) is 0 Å². The van der Waals surface area contributed by atoms with Crippen molar-refractivity contribution in [3.63, 3.8) is 0 Å². The maximum Gasteiger partial charge on any atom is 0.266 e. The van der Waals surface area contributed by atoms with Crippen molar-refractivity contribution in [1.82, 2.24) is 4.98 Å². The number of nitrogens with zero attached hydrogens (tertiary/aromatic N) is 2. The van der Waals surface area contributed by atoms with Crippen LogP contribution >= 0.6 is 22.6 Å². The van der Waals surface area contributed by atoms with Crippen molar-refractivity contribution in [3.05, 3.63) is 27.1 Å². The lowest BCUT2D eigenvalue weighted by atomic mass is 10.2. The van der Waals surface area contributed by atoms with E-state index in [1.54, 1.807) is 28.7 Å². The van der Waals surface area contributed by atoms with Gasteiger partial charge in [-0.3, -0.25) is 4.98 Å². The zero-order chi connectivity index (χ0) is 9.14. The molecular formula is C7H3F2IN2. The molecule has 0 unspecified atom stereocenters. The van der Waals surface area contributed by atoms with Crippen LogP contribution in [-0.4, -0.2) is 4.98 Å². The molecule has 0 radical (unpaired) electrons. The van der Waals surface area contributed by atoms with E-state index in [-0.39, 0.29) is 11.1 Å². The first-order valence-corrected chi connectivity index (χ1v) is 4.06. The highest BCUT2D eigenvalue weighted by atomic mass is 127. The Hall–Kier alpha value is -0.770. The molecule has 62 valence electrons. The van der Waals surface area contributed by atoms with Crippen molar-refractivity contribution in [2.45, 2.75) is 6.43 Å². The molecule has 2 nitrogen and oxygen atoms in total. The summed E-state index contributed by atoms with van der Waals surface area (Å²) in [6, 6.07) is 1.67. The summed E-state index contributed by atoms with van der Waals surface area (Å²) >= 11 is 1.73. The molecular weight excluding hydrogens is 277 g/mol. The Morgan fingerprint density at radius 1 is 1.50 bits per heavy atom. The second-order valence-corrected chi connectivity index (χ2v) is 3.16. The lowest BCUT2D eigenvalue weighted by Crippen LogP contribution is -1.95. The number of hydrogen-bond acceptors (Lipinski definition) is 2. The highest BCUT2D eigenvalue weighted by Gasteiger charge is 2.16. The Morgan fingerprint density at radius 2 is 2.17 bits per heavy atom. The minimum absolute atomic E-state index is 0.0584. The molecule has 0 N–H and O–H groups in total. The summed E-state index contributed by atoms with van der Waals surface area (Å²) in [6.45, 7) is 0. The third kappa shape index (κ3) is 1.69. The van der Waals surface area contributed by atoms with Crippen molar-refractivity contribution in [2.24, 2.45) is 0 Å². The first-order chi connectivity index (χ1) is 5.66. The SMILES string of the molecule is N#Cc1cncc(I)c1C(F)F. The fraction of sp³-hybridized carbons (Fsp3) is 0.143. The van der Waals surface area contributed by atoms with Crippen molar-refractivity contribution in [3.8, 4) is 6.07 Å². The zero-order valence-electron chi connectivity index (χ0n) is 5.76. The van der Waals surface area contributed by atoms with E-state index in [2.05, 4.69) is 4.98 Å². The van der Waals surface area contributed by atoms with E-state index in [0.29, 0.717) is 3.57 Å². The number of alkyl halides is 2. The van der Waals surface area contributed by atoms with E-state index in [9.17, 15) is 8.78 Å². The minimum Gasteiger partial charge on any atom is -0.262 e. The topological polar surface area (TPSA) is 36.7 Å². The second-order valence-electron chi connectivity index (χ2n) is 2.00. The monoisotopic (exact) mass is 280 g/mol. The van der Waals surface area contributed by atoms with Crippen LogP contribution < -0.4 is 0 Å². The van der Waals surface area contributed by atoms with Crippen LogP contribution in [0.5, 0.6) is 0 Å². The summed E-state index contributed by atoms with van der Waals surface area (Å²) in [4.78, 5) is 3.63. The normalized spacial score (nSPS) is 9.92. The molecule has 1 heterocycles. The molecule has 0 amide bonds. The fourth-order valence-electron chi connectivity index (χ4n) is 0.756. The molecule has 12 heavy (non-hydrogen) atoms. The average molecular weight is 280 g/mol. The van der Waals surface area contributed by atoms with Crippen LogP contribution in [0.4, 0.5) is 8.78 Å². The number of hydrogen-bond donors (Lipinski definition) is 0. The van der Waals surface area contributed by atoms with E-state index in [4.69, 9.17) is 5.26 Å². The van der Waals surface area contributed by atoms with Gasteiger partial charge in [0, 0.05) is 16.0 Å². The Balaban J connectivity index is 3.32. The Kier molecular flexibility index (Phi) is 2.92. The number of rotatable bonds is 1. The van der Waals surface area contributed by atoms with Gasteiger partial charge in [0.05, 0.1) is 11.1 Å². The number of aromatic nitrogens is 1. The van der Waals surface area contributed by atoms with E-state index < -0.39 is 6.43 Å². The van der Waals surface area contributed by atoms with Gasteiger partial charge in [0.1, 0.15) is 6.07 Å². The predicted octanol–water partition coefficient (Wildman–Crippen LogP) is 2.50. The molecule has 0 aliphatic heterocycles. The molecule has 1 rings (SSSR count). The van der Waals surface area contributed by atoms with Crippen molar-refractivity contribution in [1.29, 1.82) is 5.26 Å². The van der Waals surface area contributed by atoms with Gasteiger partial charge >= 0.3 is 0 Å². The summed E-state index contributed by atoms with van der Waals surface area (Å²) in [5.74, 6) is 0. The summed E-state index contributed by atoms with van der Waals surface area (Å²) < 4.78 is 24.9. The molecule has 0 atom stereocenters. The van der Waals surface area contributed by atoms with Gasteiger partial charge in [-0.25, -0.2) is 8.78 Å². The van der Waals surface area contributed by atoms with Crippen LogP contribution in [-0.2, 0) is 0 Å². The Labute approximate surface area is 81.4 Å². The van der Waals surface area contributed by atoms with Gasteiger partial charge in [-0.1, -0.05) is 0 Å². The average Bonchev–Trinajstić information content (AvgIpc) is 2.03. The van der Waals surface area contributed by atoms with E-state index in [1.807, 2.05) is 0 Å². The summed E-state index contributed by atoms with van der Waals surface area (Å²) in [5, 5.41) is 8.47. The third-order valence-electron chi connectivity index (χ3n) is 1.28. The Morgan fingerprint density at radius 3 is 2.58 bits per heavy atom. The third-order valence-corrected chi connectivity index (χ3v) is 2.14. The van der Waals surface area contributed by atoms with Crippen LogP contribution in [0.3, 0.4) is 0 Å². The summed E-state index contributed by atoms with van der Waals surface area (Å²) in [5.41, 5.74) is -0.287. The van der Waals surface area contributed by atoms with Gasteiger partial charge in [0.15, 0.2) is 0 Å². The van der Waals surface area contributed by atoms with Crippen LogP contribution in [0.1, 0.15) is 17.6 Å². The standard InChI is InChI=1S/C7H3F2IN2/c8-7(9)6-4(1-11)2-12-3-5(6)10/h2-3,7H. The summed E-state index contributed by atoms with van der Waals surface area (Å²) in [6.07, 6.45) is -0.165. The molecule has 0 spiro atoms. The van der Waals surface area contributed by atoms with Gasteiger partial charge in [-0.2, -0.15) is 5.26 Å². The molecule has 0 bridgehead atoms. The smallest absolute Gasteiger partial charge is 0.262 e. The Bertz CT molecular complexity index is 333. The van der Waals surface area contributed by atoms with Crippen molar-refractivity contribution < 1.29 is 8.78 Å². The quantitative estimate of drug-likeness (QED) is 0.741. The highest BCUT2D eigenvalue weighted by molar-refractivity contribution is 14.1. The van der Waals surface area contributed by atoms with Gasteiger partial charge in [0.25, 0.3) is 6.43 Å². The molecule has 0 saturated carbocycles. The summed E-state index contributed by atoms with van der Waals surface area (Å²) in [7, 11) is 0. The van der Waals surface area contributed by atoms with Gasteiger partial charge in [-0.15, -0.1) is 0 Å². The number of halogens is 3. The van der Waals surface area contributed by atoms with Crippen LogP contribution in [0.15, 0.2) is 12.4 Å². The predicted molar refractivity (Wildman–Crippen MR) is 46.6 cm³/mol. The first-order valence-electron chi connectivity index (χ1n) is 2.98. The van der Waals surface area contributed by atoms with Crippen LogP contribution in [0.2, 0.25) is 0 Å². The molecule has 5 heteroatoms. The van der Waals surface area contributed by atoms with Gasteiger partial charge in [-0.05, 0) is 22.6 Å². The van der Waals surface area contributed by atoms with E-state index in [0.717, 1.165) is 6.20 Å². The molecule has 0 aliphatic rings. The van der Waals surface area contributed by atoms with Gasteiger partial charge in [0.2, 0.25) is 0 Å². The van der Waals surface area contributed by atoms with E-state index >= 15 is 0 Å². The van der Waals surface area contributed by atoms with Crippen molar-refractivity contribution >= 4 is 22.6 Å².